The van der Waals surface area contributed by atoms with Crippen molar-refractivity contribution in [3.05, 3.63) is 40.0 Å². The lowest BCUT2D eigenvalue weighted by Crippen LogP contribution is -2.27. The van der Waals surface area contributed by atoms with E-state index in [1.54, 1.807) is 23.7 Å². The monoisotopic (exact) mass is 356 g/mol. The van der Waals surface area contributed by atoms with Gasteiger partial charge in [-0.3, -0.25) is 4.79 Å². The van der Waals surface area contributed by atoms with Crippen molar-refractivity contribution in [3.63, 3.8) is 0 Å². The van der Waals surface area contributed by atoms with Gasteiger partial charge in [0.25, 0.3) is 5.91 Å². The molecule has 4 rings (SSSR count). The van der Waals surface area contributed by atoms with Crippen LogP contribution in [0.5, 0.6) is 0 Å². The molecule has 4 heterocycles. The predicted octanol–water partition coefficient (Wildman–Crippen LogP) is 1.70. The molecule has 3 aromatic rings. The summed E-state index contributed by atoms with van der Waals surface area (Å²) < 4.78 is 1.86. The van der Waals surface area contributed by atoms with Crippen molar-refractivity contribution in [1.29, 1.82) is 0 Å². The number of aryl methyl sites for hydroxylation is 1. The molecule has 3 aromatic heterocycles. The third-order valence-electron chi connectivity index (χ3n) is 4.44. The summed E-state index contributed by atoms with van der Waals surface area (Å²) in [6.07, 6.45) is 4.46. The van der Waals surface area contributed by atoms with Crippen LogP contribution < -0.4 is 10.6 Å². The highest BCUT2D eigenvalue weighted by atomic mass is 32.1. The number of nitrogens with one attached hydrogen (secondary N) is 2. The third-order valence-corrected chi connectivity index (χ3v) is 5.30. The molecule has 130 valence electrons. The zero-order chi connectivity index (χ0) is 17.2. The van der Waals surface area contributed by atoms with Crippen LogP contribution >= 0.6 is 11.3 Å². The molecule has 1 fully saturated rings. The van der Waals surface area contributed by atoms with E-state index in [1.165, 1.54) is 0 Å². The number of rotatable bonds is 5. The Morgan fingerprint density at radius 1 is 1.44 bits per heavy atom. The highest BCUT2D eigenvalue weighted by Crippen LogP contribution is 2.26. The van der Waals surface area contributed by atoms with Gasteiger partial charge in [-0.1, -0.05) is 0 Å². The van der Waals surface area contributed by atoms with Crippen molar-refractivity contribution < 1.29 is 4.79 Å². The maximum atomic E-state index is 12.2. The van der Waals surface area contributed by atoms with E-state index in [2.05, 4.69) is 20.6 Å². The van der Waals surface area contributed by atoms with Gasteiger partial charge in [0.15, 0.2) is 5.65 Å². The quantitative estimate of drug-likeness (QED) is 0.727. The van der Waals surface area contributed by atoms with E-state index in [4.69, 9.17) is 5.10 Å². The number of hydrogen-bond donors (Lipinski definition) is 2. The Kier molecular flexibility index (Phi) is 4.46. The molecule has 25 heavy (non-hydrogen) atoms. The van der Waals surface area contributed by atoms with Crippen LogP contribution in [0.2, 0.25) is 0 Å². The number of amides is 1. The van der Waals surface area contributed by atoms with Gasteiger partial charge in [-0.15, -0.1) is 11.3 Å². The van der Waals surface area contributed by atoms with Crippen molar-refractivity contribution >= 4 is 28.4 Å². The Balaban J connectivity index is 1.48. The Morgan fingerprint density at radius 3 is 3.08 bits per heavy atom. The van der Waals surface area contributed by atoms with E-state index < -0.39 is 0 Å². The van der Waals surface area contributed by atoms with Crippen LogP contribution in [0.1, 0.15) is 33.3 Å². The lowest BCUT2D eigenvalue weighted by Gasteiger charge is -2.05. The topological polar surface area (TPSA) is 84.7 Å². The molecule has 0 spiro atoms. The van der Waals surface area contributed by atoms with E-state index in [-0.39, 0.29) is 5.91 Å². The van der Waals surface area contributed by atoms with Gasteiger partial charge in [0, 0.05) is 41.7 Å². The van der Waals surface area contributed by atoms with Crippen LogP contribution in [-0.2, 0) is 6.54 Å². The number of nitrogens with zero attached hydrogens (tertiary/aromatic N) is 4. The average Bonchev–Trinajstić information content (AvgIpc) is 3.34. The van der Waals surface area contributed by atoms with Gasteiger partial charge in [-0.2, -0.15) is 5.10 Å². The largest absolute Gasteiger partial charge is 0.350 e. The minimum atomic E-state index is -0.0490. The van der Waals surface area contributed by atoms with Gasteiger partial charge < -0.3 is 10.6 Å². The molecular weight excluding hydrogens is 336 g/mol. The first-order valence-electron chi connectivity index (χ1n) is 8.44. The number of aromatic nitrogens is 4. The third kappa shape index (κ3) is 3.27. The maximum absolute atomic E-state index is 12.2. The number of hydrogen-bond acceptors (Lipinski definition) is 6. The van der Waals surface area contributed by atoms with Gasteiger partial charge in [0.05, 0.1) is 17.8 Å². The zero-order valence-electron chi connectivity index (χ0n) is 14.0. The second-order valence-electron chi connectivity index (χ2n) is 6.23. The average molecular weight is 356 g/mol. The molecule has 0 bridgehead atoms. The second kappa shape index (κ2) is 6.89. The minimum absolute atomic E-state index is 0.0490. The van der Waals surface area contributed by atoms with Crippen LogP contribution in [0.25, 0.3) is 11.2 Å². The number of thiophene rings is 1. The fraction of sp³-hybridized carbons (Fsp3) is 0.412. The SMILES string of the molecule is Cc1cc(C(=O)NCCn2nc([C@H]3CCNC3)c3nccnc32)cs1. The fourth-order valence-electron chi connectivity index (χ4n) is 3.18. The summed E-state index contributed by atoms with van der Waals surface area (Å²) in [5.41, 5.74) is 3.37. The first-order valence-corrected chi connectivity index (χ1v) is 9.32. The zero-order valence-corrected chi connectivity index (χ0v) is 14.8. The van der Waals surface area contributed by atoms with Crippen molar-refractivity contribution in [1.82, 2.24) is 30.4 Å². The van der Waals surface area contributed by atoms with Gasteiger partial charge in [-0.05, 0) is 26.0 Å². The molecule has 0 aliphatic carbocycles. The molecule has 7 nitrogen and oxygen atoms in total. The maximum Gasteiger partial charge on any atom is 0.252 e. The molecule has 0 saturated carbocycles. The molecular formula is C17H20N6OS. The molecule has 1 saturated heterocycles. The van der Waals surface area contributed by atoms with Gasteiger partial charge in [0.2, 0.25) is 0 Å². The van der Waals surface area contributed by atoms with E-state index in [9.17, 15) is 4.79 Å². The summed E-state index contributed by atoms with van der Waals surface area (Å²) in [6, 6.07) is 1.90. The summed E-state index contributed by atoms with van der Waals surface area (Å²) in [5, 5.41) is 12.9. The predicted molar refractivity (Wildman–Crippen MR) is 96.9 cm³/mol. The first kappa shape index (κ1) is 16.2. The van der Waals surface area contributed by atoms with Crippen LogP contribution in [0.3, 0.4) is 0 Å². The van der Waals surface area contributed by atoms with Crippen molar-refractivity contribution in [3.8, 4) is 0 Å². The van der Waals surface area contributed by atoms with Crippen LogP contribution in [0.4, 0.5) is 0 Å². The van der Waals surface area contributed by atoms with Crippen LogP contribution in [0.15, 0.2) is 23.8 Å². The van der Waals surface area contributed by atoms with Crippen LogP contribution in [0, 0.1) is 6.92 Å². The summed E-state index contributed by atoms with van der Waals surface area (Å²) in [6.45, 7) is 5.01. The van der Waals surface area contributed by atoms with E-state index >= 15 is 0 Å². The Hall–Kier alpha value is -2.32. The lowest BCUT2D eigenvalue weighted by molar-refractivity contribution is 0.0952. The molecule has 8 heteroatoms. The Bertz CT molecular complexity index is 896. The van der Waals surface area contributed by atoms with Gasteiger partial charge in [-0.25, -0.2) is 14.6 Å². The minimum Gasteiger partial charge on any atom is -0.350 e. The highest BCUT2D eigenvalue weighted by Gasteiger charge is 2.24. The standard InChI is InChI=1S/C17H20N6OS/c1-11-8-13(10-25-11)17(24)21-6-7-23-16-15(19-4-5-20-16)14(22-23)12-2-3-18-9-12/h4-5,8,10,12,18H,2-3,6-7,9H2,1H3,(H,21,24)/t12-/m0/s1. The summed E-state index contributed by atoms with van der Waals surface area (Å²) in [4.78, 5) is 22.2. The van der Waals surface area contributed by atoms with Crippen molar-refractivity contribution in [2.24, 2.45) is 0 Å². The molecule has 1 atom stereocenters. The van der Waals surface area contributed by atoms with Crippen LogP contribution in [-0.4, -0.2) is 45.3 Å². The molecule has 2 N–H and O–H groups in total. The van der Waals surface area contributed by atoms with E-state index in [1.807, 2.05) is 23.1 Å². The number of carbonyl (C=O) groups is 1. The normalized spacial score (nSPS) is 17.2. The lowest BCUT2D eigenvalue weighted by atomic mass is 10.0. The molecule has 1 amide bonds. The first-order chi connectivity index (χ1) is 12.2. The van der Waals surface area contributed by atoms with Crippen molar-refractivity contribution in [2.75, 3.05) is 19.6 Å². The summed E-state index contributed by atoms with van der Waals surface area (Å²) in [5.74, 6) is 0.330. The highest BCUT2D eigenvalue weighted by molar-refractivity contribution is 7.10. The number of fused-ring (bicyclic) bond motifs is 1. The molecule has 0 unspecified atom stereocenters. The Morgan fingerprint density at radius 2 is 2.32 bits per heavy atom. The van der Waals surface area contributed by atoms with Gasteiger partial charge >= 0.3 is 0 Å². The molecule has 0 aromatic carbocycles. The van der Waals surface area contributed by atoms with E-state index in [0.29, 0.717) is 24.6 Å². The fourth-order valence-corrected chi connectivity index (χ4v) is 3.87. The molecule has 1 aliphatic heterocycles. The summed E-state index contributed by atoms with van der Waals surface area (Å²) >= 11 is 1.58. The van der Waals surface area contributed by atoms with E-state index in [0.717, 1.165) is 41.2 Å². The molecule has 1 aliphatic rings. The number of carbonyl (C=O) groups excluding carboxylic acids is 1. The second-order valence-corrected chi connectivity index (χ2v) is 7.34. The van der Waals surface area contributed by atoms with Gasteiger partial charge in [0.1, 0.15) is 5.52 Å². The Labute approximate surface area is 149 Å². The van der Waals surface area contributed by atoms with Crippen molar-refractivity contribution in [2.45, 2.75) is 25.8 Å². The summed E-state index contributed by atoms with van der Waals surface area (Å²) in [7, 11) is 0. The smallest absolute Gasteiger partial charge is 0.252 e. The molecule has 0 radical (unpaired) electrons.